The van der Waals surface area contributed by atoms with E-state index < -0.39 is 0 Å². The van der Waals surface area contributed by atoms with Crippen molar-refractivity contribution in [3.8, 4) is 5.75 Å². The van der Waals surface area contributed by atoms with E-state index in [0.717, 1.165) is 5.33 Å². The Morgan fingerprint density at radius 2 is 1.71 bits per heavy atom. The lowest BCUT2D eigenvalue weighted by Gasteiger charge is -2.19. The molecule has 0 saturated heterocycles. The summed E-state index contributed by atoms with van der Waals surface area (Å²) in [6, 6.07) is 3.25. The predicted octanol–water partition coefficient (Wildman–Crippen LogP) is 5.69. The van der Waals surface area contributed by atoms with Crippen molar-refractivity contribution in [3.63, 3.8) is 0 Å². The number of rotatable bonds is 5. The molecule has 0 heterocycles. The summed E-state index contributed by atoms with van der Waals surface area (Å²) in [6.07, 6.45) is 0. The fraction of sp³-hybridized carbons (Fsp3) is 0.500. The van der Waals surface area contributed by atoms with Crippen molar-refractivity contribution < 1.29 is 4.74 Å². The molecule has 0 aliphatic carbocycles. The maximum atomic E-state index is 6.03. The quantitative estimate of drug-likeness (QED) is 0.484. The third-order valence-electron chi connectivity index (χ3n) is 2.57. The minimum Gasteiger partial charge on any atom is -0.492 e. The molecule has 0 radical (unpaired) electrons. The second kappa shape index (κ2) is 7.08. The van der Waals surface area contributed by atoms with E-state index >= 15 is 0 Å². The molecule has 17 heavy (non-hydrogen) atoms. The lowest BCUT2D eigenvalue weighted by molar-refractivity contribution is 0.228. The maximum Gasteiger partial charge on any atom is 0.139 e. The SMILES string of the molecule is CC(C)C(CBr)COc1cc(Cl)c(Cl)cc1Cl. The van der Waals surface area contributed by atoms with Crippen LogP contribution in [0.3, 0.4) is 0 Å². The number of hydrogen-bond acceptors (Lipinski definition) is 1. The fourth-order valence-electron chi connectivity index (χ4n) is 1.23. The second-order valence-electron chi connectivity index (χ2n) is 4.17. The van der Waals surface area contributed by atoms with Crippen LogP contribution in [0.4, 0.5) is 0 Å². The Balaban J connectivity index is 2.72. The monoisotopic (exact) mass is 358 g/mol. The molecule has 0 aliphatic heterocycles. The zero-order valence-corrected chi connectivity index (χ0v) is 13.5. The standard InChI is InChI=1S/C12H14BrCl3O/c1-7(2)8(5-13)6-17-12-4-10(15)9(14)3-11(12)16/h3-4,7-8H,5-6H2,1-2H3. The van der Waals surface area contributed by atoms with E-state index in [9.17, 15) is 0 Å². The van der Waals surface area contributed by atoms with Crippen molar-refractivity contribution in [1.82, 2.24) is 0 Å². The average Bonchev–Trinajstić information content (AvgIpc) is 2.25. The van der Waals surface area contributed by atoms with E-state index in [1.807, 2.05) is 0 Å². The predicted molar refractivity (Wildman–Crippen MR) is 79.1 cm³/mol. The average molecular weight is 361 g/mol. The first-order chi connectivity index (χ1) is 7.95. The molecule has 96 valence electrons. The van der Waals surface area contributed by atoms with Gasteiger partial charge in [-0.2, -0.15) is 0 Å². The molecule has 1 unspecified atom stereocenters. The first-order valence-electron chi connectivity index (χ1n) is 5.29. The summed E-state index contributed by atoms with van der Waals surface area (Å²) >= 11 is 21.3. The Hall–Kier alpha value is 0.370. The smallest absolute Gasteiger partial charge is 0.139 e. The molecule has 0 spiro atoms. The zero-order valence-electron chi connectivity index (χ0n) is 9.64. The van der Waals surface area contributed by atoms with Gasteiger partial charge in [0, 0.05) is 17.3 Å². The first-order valence-corrected chi connectivity index (χ1v) is 7.54. The Kier molecular flexibility index (Phi) is 6.43. The van der Waals surface area contributed by atoms with Crippen LogP contribution in [0.2, 0.25) is 15.1 Å². The number of alkyl halides is 1. The Bertz CT molecular complexity index is 382. The zero-order chi connectivity index (χ0) is 13.0. The summed E-state index contributed by atoms with van der Waals surface area (Å²) in [5.41, 5.74) is 0. The molecule has 0 saturated carbocycles. The molecular formula is C12H14BrCl3O. The van der Waals surface area contributed by atoms with Gasteiger partial charge in [0.15, 0.2) is 0 Å². The summed E-state index contributed by atoms with van der Waals surface area (Å²) in [4.78, 5) is 0. The Morgan fingerprint density at radius 3 is 2.24 bits per heavy atom. The number of ether oxygens (including phenoxy) is 1. The van der Waals surface area contributed by atoms with Crippen molar-refractivity contribution in [3.05, 3.63) is 27.2 Å². The van der Waals surface area contributed by atoms with Gasteiger partial charge in [-0.15, -0.1) is 0 Å². The summed E-state index contributed by atoms with van der Waals surface area (Å²) < 4.78 is 5.68. The van der Waals surface area contributed by atoms with Gasteiger partial charge in [0.2, 0.25) is 0 Å². The van der Waals surface area contributed by atoms with Gasteiger partial charge in [0.1, 0.15) is 5.75 Å². The molecule has 0 bridgehead atoms. The minimum atomic E-state index is 0.431. The van der Waals surface area contributed by atoms with Gasteiger partial charge < -0.3 is 4.74 Å². The van der Waals surface area contributed by atoms with Crippen LogP contribution in [-0.4, -0.2) is 11.9 Å². The summed E-state index contributed by atoms with van der Waals surface area (Å²) in [5.74, 6) is 1.55. The molecule has 5 heteroatoms. The van der Waals surface area contributed by atoms with Gasteiger partial charge in [-0.05, 0) is 12.0 Å². The van der Waals surface area contributed by atoms with Crippen LogP contribution < -0.4 is 4.74 Å². The molecule has 1 nitrogen and oxygen atoms in total. The van der Waals surface area contributed by atoms with E-state index in [1.54, 1.807) is 12.1 Å². The molecule has 0 aliphatic rings. The highest BCUT2D eigenvalue weighted by molar-refractivity contribution is 9.09. The highest BCUT2D eigenvalue weighted by atomic mass is 79.9. The highest BCUT2D eigenvalue weighted by Crippen LogP contribution is 2.34. The van der Waals surface area contributed by atoms with Crippen molar-refractivity contribution in [2.24, 2.45) is 11.8 Å². The second-order valence-corrected chi connectivity index (χ2v) is 6.04. The van der Waals surface area contributed by atoms with Crippen molar-refractivity contribution in [1.29, 1.82) is 0 Å². The van der Waals surface area contributed by atoms with Gasteiger partial charge in [0.25, 0.3) is 0 Å². The number of hydrogen-bond donors (Lipinski definition) is 0. The molecule has 0 fully saturated rings. The van der Waals surface area contributed by atoms with E-state index in [1.165, 1.54) is 0 Å². The van der Waals surface area contributed by atoms with Crippen LogP contribution in [0.5, 0.6) is 5.75 Å². The van der Waals surface area contributed by atoms with E-state index in [2.05, 4.69) is 29.8 Å². The fourth-order valence-corrected chi connectivity index (χ4v) is 2.75. The first kappa shape index (κ1) is 15.4. The van der Waals surface area contributed by atoms with Crippen LogP contribution in [0.1, 0.15) is 13.8 Å². The topological polar surface area (TPSA) is 9.23 Å². The van der Waals surface area contributed by atoms with Crippen LogP contribution >= 0.6 is 50.7 Å². The minimum absolute atomic E-state index is 0.431. The lowest BCUT2D eigenvalue weighted by atomic mass is 9.99. The Labute approximate surface area is 126 Å². The Morgan fingerprint density at radius 1 is 1.12 bits per heavy atom. The van der Waals surface area contributed by atoms with Crippen LogP contribution in [0.25, 0.3) is 0 Å². The molecule has 0 N–H and O–H groups in total. The molecule has 0 aromatic heterocycles. The van der Waals surface area contributed by atoms with Crippen LogP contribution in [-0.2, 0) is 0 Å². The molecule has 0 amide bonds. The van der Waals surface area contributed by atoms with Gasteiger partial charge in [-0.3, -0.25) is 0 Å². The number of halogens is 4. The van der Waals surface area contributed by atoms with Gasteiger partial charge in [-0.1, -0.05) is 64.6 Å². The molecule has 1 aromatic rings. The number of benzene rings is 1. The summed E-state index contributed by atoms with van der Waals surface area (Å²) in [5, 5.41) is 2.26. The third-order valence-corrected chi connectivity index (χ3v) is 4.42. The molecular weight excluding hydrogens is 346 g/mol. The van der Waals surface area contributed by atoms with Crippen molar-refractivity contribution in [2.45, 2.75) is 13.8 Å². The summed E-state index contributed by atoms with van der Waals surface area (Å²) in [6.45, 7) is 4.91. The highest BCUT2D eigenvalue weighted by Gasteiger charge is 2.14. The lowest BCUT2D eigenvalue weighted by Crippen LogP contribution is -2.19. The van der Waals surface area contributed by atoms with Crippen molar-refractivity contribution in [2.75, 3.05) is 11.9 Å². The molecule has 1 atom stereocenters. The van der Waals surface area contributed by atoms with Crippen LogP contribution in [0, 0.1) is 11.8 Å². The van der Waals surface area contributed by atoms with Gasteiger partial charge in [0.05, 0.1) is 21.7 Å². The maximum absolute atomic E-state index is 6.03. The molecule has 1 rings (SSSR count). The van der Waals surface area contributed by atoms with Gasteiger partial charge >= 0.3 is 0 Å². The van der Waals surface area contributed by atoms with E-state index in [4.69, 9.17) is 39.5 Å². The van der Waals surface area contributed by atoms with Crippen molar-refractivity contribution >= 4 is 50.7 Å². The largest absolute Gasteiger partial charge is 0.492 e. The molecule has 1 aromatic carbocycles. The van der Waals surface area contributed by atoms with Gasteiger partial charge in [-0.25, -0.2) is 0 Å². The summed E-state index contributed by atoms with van der Waals surface area (Å²) in [7, 11) is 0. The van der Waals surface area contributed by atoms with E-state index in [-0.39, 0.29) is 0 Å². The third kappa shape index (κ3) is 4.51. The van der Waals surface area contributed by atoms with E-state index in [0.29, 0.717) is 39.3 Å². The van der Waals surface area contributed by atoms with Crippen LogP contribution in [0.15, 0.2) is 12.1 Å². The normalized spacial score (nSPS) is 12.9.